The van der Waals surface area contributed by atoms with Gasteiger partial charge in [0.1, 0.15) is 6.33 Å². The Morgan fingerprint density at radius 1 is 1.32 bits per heavy atom. The predicted molar refractivity (Wildman–Crippen MR) is 79.0 cm³/mol. The van der Waals surface area contributed by atoms with E-state index in [-0.39, 0.29) is 0 Å². The largest absolute Gasteiger partial charge is 0.382 e. The van der Waals surface area contributed by atoms with Gasteiger partial charge in [0.05, 0.1) is 0 Å². The lowest BCUT2D eigenvalue weighted by atomic mass is 10.0. The minimum absolute atomic E-state index is 0.458. The van der Waals surface area contributed by atoms with E-state index in [1.165, 1.54) is 6.42 Å². The van der Waals surface area contributed by atoms with Gasteiger partial charge < -0.3 is 9.88 Å². The molecule has 102 valence electrons. The van der Waals surface area contributed by atoms with Gasteiger partial charge in [-0.1, -0.05) is 32.4 Å². The molecule has 1 heterocycles. The topological polar surface area (TPSA) is 42.7 Å². The molecule has 1 N–H and O–H groups in total. The quantitative estimate of drug-likeness (QED) is 0.894. The smallest absolute Gasteiger partial charge is 0.163 e. The van der Waals surface area contributed by atoms with Crippen LogP contribution in [0.2, 0.25) is 0 Å². The number of benzene rings is 1. The fraction of sp³-hybridized carbons (Fsp3) is 0.467. The molecule has 0 aliphatic carbocycles. The molecular formula is C15H22N4. The van der Waals surface area contributed by atoms with Crippen LogP contribution in [-0.4, -0.2) is 20.8 Å². The van der Waals surface area contributed by atoms with Crippen molar-refractivity contribution in [3.8, 4) is 11.4 Å². The summed E-state index contributed by atoms with van der Waals surface area (Å²) in [6.07, 6.45) is 2.90. The van der Waals surface area contributed by atoms with Gasteiger partial charge in [-0.2, -0.15) is 0 Å². The fourth-order valence-electron chi connectivity index (χ4n) is 2.05. The molecule has 1 aromatic heterocycles. The lowest BCUT2D eigenvalue weighted by molar-refractivity contribution is 0.494. The molecule has 19 heavy (non-hydrogen) atoms. The first kappa shape index (κ1) is 13.6. The second kappa shape index (κ2) is 5.87. The number of aryl methyl sites for hydroxylation is 1. The van der Waals surface area contributed by atoms with Crippen LogP contribution in [0.1, 0.15) is 27.2 Å². The van der Waals surface area contributed by atoms with Gasteiger partial charge in [-0.15, -0.1) is 10.2 Å². The molecule has 0 saturated heterocycles. The average Bonchev–Trinajstić information content (AvgIpc) is 2.84. The molecule has 0 amide bonds. The van der Waals surface area contributed by atoms with E-state index < -0.39 is 0 Å². The van der Waals surface area contributed by atoms with Crippen molar-refractivity contribution in [2.24, 2.45) is 13.0 Å². The highest BCUT2D eigenvalue weighted by atomic mass is 15.2. The van der Waals surface area contributed by atoms with Crippen molar-refractivity contribution in [2.45, 2.75) is 33.2 Å². The third-order valence-corrected chi connectivity index (χ3v) is 3.72. The molecule has 0 aliphatic heterocycles. The van der Waals surface area contributed by atoms with Crippen molar-refractivity contribution in [1.82, 2.24) is 14.8 Å². The van der Waals surface area contributed by atoms with Gasteiger partial charge in [-0.25, -0.2) is 0 Å². The Bertz CT molecular complexity index is 532. The van der Waals surface area contributed by atoms with E-state index in [0.29, 0.717) is 12.0 Å². The molecule has 1 aromatic carbocycles. The Morgan fingerprint density at radius 2 is 2.11 bits per heavy atom. The number of aromatic nitrogens is 3. The van der Waals surface area contributed by atoms with Crippen molar-refractivity contribution in [3.63, 3.8) is 0 Å². The minimum Gasteiger partial charge on any atom is -0.382 e. The van der Waals surface area contributed by atoms with E-state index in [0.717, 1.165) is 17.1 Å². The SMILES string of the molecule is CCC(C)C(C)Nc1cccc(-c2nncn2C)c1. The molecule has 2 rings (SSSR count). The summed E-state index contributed by atoms with van der Waals surface area (Å²) in [5.41, 5.74) is 2.22. The second-order valence-electron chi connectivity index (χ2n) is 5.16. The summed E-state index contributed by atoms with van der Waals surface area (Å²) in [6, 6.07) is 8.79. The van der Waals surface area contributed by atoms with E-state index in [2.05, 4.69) is 60.6 Å². The third kappa shape index (κ3) is 3.13. The third-order valence-electron chi connectivity index (χ3n) is 3.72. The number of nitrogens with zero attached hydrogens (tertiary/aromatic N) is 3. The Hall–Kier alpha value is -1.84. The standard InChI is InChI=1S/C15H22N4/c1-5-11(2)12(3)17-14-8-6-7-13(9-14)15-18-16-10-19(15)4/h6-12,17H,5H2,1-4H3. The van der Waals surface area contributed by atoms with E-state index in [4.69, 9.17) is 0 Å². The van der Waals surface area contributed by atoms with Gasteiger partial charge in [0.15, 0.2) is 5.82 Å². The zero-order valence-corrected chi connectivity index (χ0v) is 12.1. The van der Waals surface area contributed by atoms with Crippen LogP contribution in [0, 0.1) is 5.92 Å². The Kier molecular flexibility index (Phi) is 4.20. The second-order valence-corrected chi connectivity index (χ2v) is 5.16. The Labute approximate surface area is 114 Å². The average molecular weight is 258 g/mol. The summed E-state index contributed by atoms with van der Waals surface area (Å²) in [5, 5.41) is 11.6. The molecule has 4 nitrogen and oxygen atoms in total. The summed E-state index contributed by atoms with van der Waals surface area (Å²) in [7, 11) is 1.96. The van der Waals surface area contributed by atoms with E-state index in [9.17, 15) is 0 Å². The molecular weight excluding hydrogens is 236 g/mol. The van der Waals surface area contributed by atoms with Crippen LogP contribution in [0.15, 0.2) is 30.6 Å². The van der Waals surface area contributed by atoms with E-state index in [1.807, 2.05) is 11.6 Å². The first-order valence-corrected chi connectivity index (χ1v) is 6.82. The van der Waals surface area contributed by atoms with Gasteiger partial charge >= 0.3 is 0 Å². The lowest BCUT2D eigenvalue weighted by Gasteiger charge is -2.21. The first-order chi connectivity index (χ1) is 9.11. The predicted octanol–water partition coefficient (Wildman–Crippen LogP) is 3.33. The summed E-state index contributed by atoms with van der Waals surface area (Å²) in [6.45, 7) is 6.71. The van der Waals surface area contributed by atoms with Gasteiger partial charge in [-0.05, 0) is 25.0 Å². The van der Waals surface area contributed by atoms with E-state index in [1.54, 1.807) is 6.33 Å². The molecule has 0 bridgehead atoms. The van der Waals surface area contributed by atoms with Crippen molar-refractivity contribution in [1.29, 1.82) is 0 Å². The molecule has 2 atom stereocenters. The zero-order valence-electron chi connectivity index (χ0n) is 12.1. The molecule has 2 unspecified atom stereocenters. The molecule has 0 radical (unpaired) electrons. The number of hydrogen-bond acceptors (Lipinski definition) is 3. The van der Waals surface area contributed by atoms with Gasteiger partial charge in [0.25, 0.3) is 0 Å². The van der Waals surface area contributed by atoms with Crippen molar-refractivity contribution >= 4 is 5.69 Å². The highest BCUT2D eigenvalue weighted by Gasteiger charge is 2.11. The Balaban J connectivity index is 2.18. The van der Waals surface area contributed by atoms with Crippen LogP contribution in [-0.2, 0) is 7.05 Å². The summed E-state index contributed by atoms with van der Waals surface area (Å²) < 4.78 is 1.93. The number of rotatable bonds is 5. The molecule has 4 heteroatoms. The maximum Gasteiger partial charge on any atom is 0.163 e. The summed E-state index contributed by atoms with van der Waals surface area (Å²) >= 11 is 0. The first-order valence-electron chi connectivity index (χ1n) is 6.82. The van der Waals surface area contributed by atoms with Crippen LogP contribution in [0.25, 0.3) is 11.4 Å². The normalized spacial score (nSPS) is 14.1. The maximum atomic E-state index is 4.14. The van der Waals surface area contributed by atoms with Crippen LogP contribution < -0.4 is 5.32 Å². The summed E-state index contributed by atoms with van der Waals surface area (Å²) in [5.74, 6) is 1.54. The highest BCUT2D eigenvalue weighted by molar-refractivity contribution is 5.62. The molecule has 0 aliphatic rings. The maximum absolute atomic E-state index is 4.14. The zero-order chi connectivity index (χ0) is 13.8. The van der Waals surface area contributed by atoms with Crippen LogP contribution in [0.4, 0.5) is 5.69 Å². The molecule has 2 aromatic rings. The minimum atomic E-state index is 0.458. The van der Waals surface area contributed by atoms with Gasteiger partial charge in [-0.3, -0.25) is 0 Å². The van der Waals surface area contributed by atoms with Gasteiger partial charge in [0.2, 0.25) is 0 Å². The van der Waals surface area contributed by atoms with Crippen LogP contribution >= 0.6 is 0 Å². The molecule has 0 fully saturated rings. The molecule has 0 saturated carbocycles. The van der Waals surface area contributed by atoms with Crippen LogP contribution in [0.5, 0.6) is 0 Å². The van der Waals surface area contributed by atoms with Crippen molar-refractivity contribution < 1.29 is 0 Å². The van der Waals surface area contributed by atoms with Crippen LogP contribution in [0.3, 0.4) is 0 Å². The number of anilines is 1. The Morgan fingerprint density at radius 3 is 2.74 bits per heavy atom. The molecule has 0 spiro atoms. The lowest BCUT2D eigenvalue weighted by Crippen LogP contribution is -2.23. The van der Waals surface area contributed by atoms with Gasteiger partial charge in [0, 0.05) is 24.3 Å². The fourth-order valence-corrected chi connectivity index (χ4v) is 2.05. The van der Waals surface area contributed by atoms with Crippen molar-refractivity contribution in [2.75, 3.05) is 5.32 Å². The monoisotopic (exact) mass is 258 g/mol. The highest BCUT2D eigenvalue weighted by Crippen LogP contribution is 2.22. The number of hydrogen-bond donors (Lipinski definition) is 1. The number of nitrogens with one attached hydrogen (secondary N) is 1. The van der Waals surface area contributed by atoms with E-state index >= 15 is 0 Å². The van der Waals surface area contributed by atoms with Crippen molar-refractivity contribution in [3.05, 3.63) is 30.6 Å². The summed E-state index contributed by atoms with van der Waals surface area (Å²) in [4.78, 5) is 0.